The van der Waals surface area contributed by atoms with E-state index >= 15 is 0 Å². The van der Waals surface area contributed by atoms with E-state index < -0.39 is 41.4 Å². The second kappa shape index (κ2) is 7.86. The zero-order valence-electron chi connectivity index (χ0n) is 17.1. The van der Waals surface area contributed by atoms with Crippen LogP contribution in [0.5, 0.6) is 0 Å². The lowest BCUT2D eigenvalue weighted by Crippen LogP contribution is -2.49. The zero-order valence-corrected chi connectivity index (χ0v) is 17.1. The number of rotatable bonds is 7. The van der Waals surface area contributed by atoms with Gasteiger partial charge in [0, 0.05) is 0 Å². The standard InChI is InChI=1S/C23H23N3O5/c1-2-23(17-11-7-4-8-12-17)19(28)26(21(30)24-23)25-18(27)15-31-20(29)22(13-14-22)16-9-5-3-6-10-16/h3-12H,2,13-15H2,1H3,(H,24,30)(H,25,27)/t23-/m1/s1. The molecule has 160 valence electrons. The number of esters is 1. The second-order valence-corrected chi connectivity index (χ2v) is 7.75. The van der Waals surface area contributed by atoms with Gasteiger partial charge in [-0.2, -0.15) is 5.01 Å². The van der Waals surface area contributed by atoms with Crippen molar-refractivity contribution in [3.8, 4) is 0 Å². The number of imide groups is 1. The van der Waals surface area contributed by atoms with Crippen LogP contribution >= 0.6 is 0 Å². The SMILES string of the molecule is CC[C@]1(c2ccccc2)NC(=O)N(NC(=O)COC(=O)C2(c3ccccc3)CC2)C1=O. The first-order valence-electron chi connectivity index (χ1n) is 10.2. The minimum absolute atomic E-state index is 0.308. The molecule has 1 saturated heterocycles. The van der Waals surface area contributed by atoms with Crippen LogP contribution in [0.3, 0.4) is 0 Å². The summed E-state index contributed by atoms with van der Waals surface area (Å²) in [5.41, 5.74) is 1.76. The van der Waals surface area contributed by atoms with Crippen molar-refractivity contribution in [3.05, 3.63) is 71.8 Å². The van der Waals surface area contributed by atoms with Crippen LogP contribution in [-0.2, 0) is 30.1 Å². The van der Waals surface area contributed by atoms with E-state index in [1.165, 1.54) is 0 Å². The van der Waals surface area contributed by atoms with Gasteiger partial charge < -0.3 is 10.1 Å². The van der Waals surface area contributed by atoms with Gasteiger partial charge in [-0.05, 0) is 30.4 Å². The number of carbonyl (C=O) groups excluding carboxylic acids is 4. The fourth-order valence-corrected chi connectivity index (χ4v) is 3.96. The lowest BCUT2D eigenvalue weighted by atomic mass is 9.87. The highest BCUT2D eigenvalue weighted by molar-refractivity contribution is 6.08. The number of nitrogens with one attached hydrogen (secondary N) is 2. The maximum Gasteiger partial charge on any atom is 0.344 e. The van der Waals surface area contributed by atoms with Gasteiger partial charge in [-0.15, -0.1) is 0 Å². The fourth-order valence-electron chi connectivity index (χ4n) is 3.96. The van der Waals surface area contributed by atoms with E-state index in [0.29, 0.717) is 29.8 Å². The average Bonchev–Trinajstić information content (AvgIpc) is 3.58. The molecule has 4 amide bonds. The first-order chi connectivity index (χ1) is 14.9. The normalized spacial score (nSPS) is 21.4. The van der Waals surface area contributed by atoms with Crippen molar-refractivity contribution < 1.29 is 23.9 Å². The van der Waals surface area contributed by atoms with Gasteiger partial charge in [-0.1, -0.05) is 67.6 Å². The molecule has 4 rings (SSSR count). The molecule has 0 spiro atoms. The summed E-state index contributed by atoms with van der Waals surface area (Å²) in [6.45, 7) is 1.19. The monoisotopic (exact) mass is 421 g/mol. The molecule has 0 aromatic heterocycles. The van der Waals surface area contributed by atoms with Crippen LogP contribution in [0.25, 0.3) is 0 Å². The Bertz CT molecular complexity index is 1020. The molecule has 8 heteroatoms. The Labute approximate surface area is 179 Å². The van der Waals surface area contributed by atoms with Crippen LogP contribution in [0.4, 0.5) is 4.79 Å². The molecule has 0 unspecified atom stereocenters. The van der Waals surface area contributed by atoms with E-state index in [4.69, 9.17) is 4.74 Å². The number of benzene rings is 2. The number of urea groups is 1. The Balaban J connectivity index is 1.39. The summed E-state index contributed by atoms with van der Waals surface area (Å²) in [5, 5.41) is 3.32. The Hall–Kier alpha value is -3.68. The van der Waals surface area contributed by atoms with Gasteiger partial charge in [-0.3, -0.25) is 19.8 Å². The molecule has 1 heterocycles. The maximum absolute atomic E-state index is 13.0. The van der Waals surface area contributed by atoms with E-state index in [1.54, 1.807) is 31.2 Å². The summed E-state index contributed by atoms with van der Waals surface area (Å²) in [4.78, 5) is 50.4. The zero-order chi connectivity index (χ0) is 22.1. The lowest BCUT2D eigenvalue weighted by Gasteiger charge is -2.25. The van der Waals surface area contributed by atoms with Crippen LogP contribution in [0, 0.1) is 0 Å². The van der Waals surface area contributed by atoms with E-state index in [2.05, 4.69) is 10.7 Å². The van der Waals surface area contributed by atoms with Gasteiger partial charge in [-0.25, -0.2) is 4.79 Å². The Morgan fingerprint density at radius 2 is 1.58 bits per heavy atom. The summed E-state index contributed by atoms with van der Waals surface area (Å²) < 4.78 is 5.21. The van der Waals surface area contributed by atoms with Crippen molar-refractivity contribution in [2.24, 2.45) is 0 Å². The molecular weight excluding hydrogens is 398 g/mol. The van der Waals surface area contributed by atoms with Crippen molar-refractivity contribution in [3.63, 3.8) is 0 Å². The van der Waals surface area contributed by atoms with Gasteiger partial charge in [0.1, 0.15) is 5.54 Å². The number of carbonyl (C=O) groups is 4. The van der Waals surface area contributed by atoms with E-state index in [1.807, 2.05) is 36.4 Å². The lowest BCUT2D eigenvalue weighted by molar-refractivity contribution is -0.152. The highest BCUT2D eigenvalue weighted by Crippen LogP contribution is 2.49. The van der Waals surface area contributed by atoms with Gasteiger partial charge in [0.05, 0.1) is 5.41 Å². The fraction of sp³-hybridized carbons (Fsp3) is 0.304. The first kappa shape index (κ1) is 20.6. The summed E-state index contributed by atoms with van der Waals surface area (Å²) in [6.07, 6.45) is 1.61. The first-order valence-corrected chi connectivity index (χ1v) is 10.2. The average molecular weight is 421 g/mol. The number of hydrogen-bond acceptors (Lipinski definition) is 5. The number of ether oxygens (including phenoxy) is 1. The van der Waals surface area contributed by atoms with Crippen LogP contribution in [-0.4, -0.2) is 35.4 Å². The second-order valence-electron chi connectivity index (χ2n) is 7.75. The Morgan fingerprint density at radius 1 is 1.00 bits per heavy atom. The molecule has 1 aliphatic carbocycles. The highest BCUT2D eigenvalue weighted by Gasteiger charge is 2.54. The largest absolute Gasteiger partial charge is 0.455 e. The van der Waals surface area contributed by atoms with E-state index in [-0.39, 0.29) is 0 Å². The summed E-state index contributed by atoms with van der Waals surface area (Å²) >= 11 is 0. The molecular formula is C23H23N3O5. The molecule has 2 aliphatic rings. The van der Waals surface area contributed by atoms with Crippen LogP contribution in [0.2, 0.25) is 0 Å². The predicted octanol–water partition coefficient (Wildman–Crippen LogP) is 2.15. The van der Waals surface area contributed by atoms with E-state index in [9.17, 15) is 19.2 Å². The quantitative estimate of drug-likeness (QED) is 0.527. The molecule has 2 aromatic rings. The Morgan fingerprint density at radius 3 is 2.13 bits per heavy atom. The minimum atomic E-state index is -1.26. The van der Waals surface area contributed by atoms with Gasteiger partial charge >= 0.3 is 12.0 Å². The maximum atomic E-state index is 13.0. The highest BCUT2D eigenvalue weighted by atomic mass is 16.5. The third-order valence-electron chi connectivity index (χ3n) is 5.93. The summed E-state index contributed by atoms with van der Waals surface area (Å²) in [5.74, 6) is -1.84. The van der Waals surface area contributed by atoms with Crippen molar-refractivity contribution in [1.29, 1.82) is 0 Å². The van der Waals surface area contributed by atoms with Crippen molar-refractivity contribution >= 4 is 23.8 Å². The molecule has 31 heavy (non-hydrogen) atoms. The van der Waals surface area contributed by atoms with Crippen LogP contribution in [0.15, 0.2) is 60.7 Å². The third-order valence-corrected chi connectivity index (χ3v) is 5.93. The third kappa shape index (κ3) is 3.54. The number of hydrazine groups is 1. The molecule has 8 nitrogen and oxygen atoms in total. The minimum Gasteiger partial charge on any atom is -0.455 e. The van der Waals surface area contributed by atoms with E-state index in [0.717, 1.165) is 5.56 Å². The van der Waals surface area contributed by atoms with Gasteiger partial charge in [0.2, 0.25) is 0 Å². The Kier molecular flexibility index (Phi) is 5.22. The van der Waals surface area contributed by atoms with Gasteiger partial charge in [0.15, 0.2) is 6.61 Å². The van der Waals surface area contributed by atoms with Crippen LogP contribution in [0.1, 0.15) is 37.3 Å². The number of nitrogens with zero attached hydrogens (tertiary/aromatic N) is 1. The summed E-state index contributed by atoms with van der Waals surface area (Å²) in [7, 11) is 0. The molecule has 2 fully saturated rings. The topological polar surface area (TPSA) is 105 Å². The molecule has 1 saturated carbocycles. The van der Waals surface area contributed by atoms with Crippen molar-refractivity contribution in [2.75, 3.05) is 6.61 Å². The molecule has 1 atom stereocenters. The molecule has 0 radical (unpaired) electrons. The molecule has 1 aliphatic heterocycles. The van der Waals surface area contributed by atoms with Crippen molar-refractivity contribution in [2.45, 2.75) is 37.1 Å². The summed E-state index contributed by atoms with van der Waals surface area (Å²) in [6, 6.07) is 17.4. The molecule has 0 bridgehead atoms. The van der Waals surface area contributed by atoms with Gasteiger partial charge in [0.25, 0.3) is 11.8 Å². The number of amides is 4. The molecule has 2 N–H and O–H groups in total. The molecule has 2 aromatic carbocycles. The smallest absolute Gasteiger partial charge is 0.344 e. The predicted molar refractivity (Wildman–Crippen MR) is 110 cm³/mol. The van der Waals surface area contributed by atoms with Crippen molar-refractivity contribution in [1.82, 2.24) is 15.8 Å². The van der Waals surface area contributed by atoms with Crippen LogP contribution < -0.4 is 10.7 Å². The number of hydrogen-bond donors (Lipinski definition) is 2.